The summed E-state index contributed by atoms with van der Waals surface area (Å²) in [6.07, 6.45) is -1.65. The third kappa shape index (κ3) is 3.42. The molecule has 0 aromatic heterocycles. The highest BCUT2D eigenvalue weighted by molar-refractivity contribution is 5.31. The smallest absolute Gasteiger partial charge is 0.244 e. The van der Waals surface area contributed by atoms with Gasteiger partial charge in [0.25, 0.3) is 0 Å². The van der Waals surface area contributed by atoms with E-state index in [1.807, 2.05) is 6.92 Å². The molecular formula is C14H20F2O2. The number of aliphatic hydroxyl groups is 1. The second-order valence-electron chi connectivity index (χ2n) is 4.64. The molecule has 18 heavy (non-hydrogen) atoms. The molecule has 0 saturated carbocycles. The number of alkyl halides is 2. The van der Waals surface area contributed by atoms with Gasteiger partial charge in [0.05, 0.1) is 12.2 Å². The Kier molecular flexibility index (Phi) is 5.08. The molecule has 0 aliphatic carbocycles. The summed E-state index contributed by atoms with van der Waals surface area (Å²) in [5.74, 6) is -0.444. The number of benzene rings is 1. The zero-order valence-corrected chi connectivity index (χ0v) is 11.0. The van der Waals surface area contributed by atoms with Crippen LogP contribution in [0.15, 0.2) is 24.3 Å². The molecule has 0 aliphatic rings. The third-order valence-electron chi connectivity index (χ3n) is 3.18. The average molecular weight is 258 g/mol. The lowest BCUT2D eigenvalue weighted by Gasteiger charge is -2.30. The molecule has 2 nitrogen and oxygen atoms in total. The quantitative estimate of drug-likeness (QED) is 0.845. The monoisotopic (exact) mass is 258 g/mol. The van der Waals surface area contributed by atoms with Gasteiger partial charge in [-0.05, 0) is 31.0 Å². The van der Waals surface area contributed by atoms with Crippen molar-refractivity contribution in [2.75, 3.05) is 6.61 Å². The van der Waals surface area contributed by atoms with Crippen LogP contribution in [0.3, 0.4) is 0 Å². The molecule has 1 N–H and O–H groups in total. The van der Waals surface area contributed by atoms with Gasteiger partial charge < -0.3 is 9.84 Å². The molecule has 2 atom stereocenters. The number of hydrogen-bond donors (Lipinski definition) is 1. The predicted molar refractivity (Wildman–Crippen MR) is 67.0 cm³/mol. The molecule has 0 amide bonds. The van der Waals surface area contributed by atoms with Gasteiger partial charge in [-0.15, -0.1) is 0 Å². The molecule has 0 heterocycles. The highest BCUT2D eigenvalue weighted by atomic mass is 19.3. The lowest BCUT2D eigenvalue weighted by molar-refractivity contribution is -0.0696. The van der Waals surface area contributed by atoms with Gasteiger partial charge in [0.2, 0.25) is 6.43 Å². The maximum Gasteiger partial charge on any atom is 0.244 e. The Labute approximate surface area is 107 Å². The molecule has 1 aromatic rings. The van der Waals surface area contributed by atoms with E-state index in [1.165, 1.54) is 13.8 Å². The highest BCUT2D eigenvalue weighted by Gasteiger charge is 2.36. The highest BCUT2D eigenvalue weighted by Crippen LogP contribution is 2.33. The van der Waals surface area contributed by atoms with Gasteiger partial charge in [0.15, 0.2) is 0 Å². The summed E-state index contributed by atoms with van der Waals surface area (Å²) in [4.78, 5) is 0. The summed E-state index contributed by atoms with van der Waals surface area (Å²) in [6.45, 7) is 5.37. The van der Waals surface area contributed by atoms with Crippen LogP contribution in [0.2, 0.25) is 0 Å². The van der Waals surface area contributed by atoms with Crippen molar-refractivity contribution in [1.29, 1.82) is 0 Å². The first kappa shape index (κ1) is 14.9. The molecule has 2 unspecified atom stereocenters. The van der Waals surface area contributed by atoms with Gasteiger partial charge in [-0.25, -0.2) is 8.78 Å². The number of rotatable bonds is 6. The summed E-state index contributed by atoms with van der Waals surface area (Å²) < 4.78 is 30.7. The number of halogens is 2. The second kappa shape index (κ2) is 6.14. The average Bonchev–Trinajstić information content (AvgIpc) is 2.35. The van der Waals surface area contributed by atoms with Crippen molar-refractivity contribution in [3.8, 4) is 5.75 Å². The molecule has 1 rings (SSSR count). The molecule has 0 spiro atoms. The van der Waals surface area contributed by atoms with Crippen LogP contribution in [0.1, 0.15) is 32.8 Å². The lowest BCUT2D eigenvalue weighted by atomic mass is 9.84. The van der Waals surface area contributed by atoms with Gasteiger partial charge in [-0.2, -0.15) is 0 Å². The molecule has 0 radical (unpaired) electrons. The SMILES string of the molecule is CCCOc1ccc(C(C)(O)C(C)C(F)F)cc1. The van der Waals surface area contributed by atoms with E-state index in [0.717, 1.165) is 6.42 Å². The summed E-state index contributed by atoms with van der Waals surface area (Å²) in [5.41, 5.74) is -1.07. The van der Waals surface area contributed by atoms with Crippen molar-refractivity contribution in [3.05, 3.63) is 29.8 Å². The maximum absolute atomic E-state index is 12.7. The van der Waals surface area contributed by atoms with Crippen molar-refractivity contribution in [2.24, 2.45) is 5.92 Å². The fourth-order valence-corrected chi connectivity index (χ4v) is 1.62. The van der Waals surface area contributed by atoms with Gasteiger partial charge in [-0.3, -0.25) is 0 Å². The minimum absolute atomic E-state index is 0.471. The molecule has 0 saturated heterocycles. The first-order valence-electron chi connectivity index (χ1n) is 6.13. The van der Waals surface area contributed by atoms with Crippen LogP contribution in [0, 0.1) is 5.92 Å². The van der Waals surface area contributed by atoms with E-state index in [1.54, 1.807) is 24.3 Å². The van der Waals surface area contributed by atoms with E-state index >= 15 is 0 Å². The molecular weight excluding hydrogens is 238 g/mol. The fraction of sp³-hybridized carbons (Fsp3) is 0.571. The predicted octanol–water partition coefficient (Wildman–Crippen LogP) is 3.58. The van der Waals surface area contributed by atoms with Gasteiger partial charge in [0, 0.05) is 5.92 Å². The fourth-order valence-electron chi connectivity index (χ4n) is 1.62. The molecule has 0 aliphatic heterocycles. The first-order chi connectivity index (χ1) is 8.39. The minimum atomic E-state index is -2.56. The van der Waals surface area contributed by atoms with E-state index in [2.05, 4.69) is 0 Å². The van der Waals surface area contributed by atoms with Crippen LogP contribution in [-0.4, -0.2) is 18.1 Å². The number of ether oxygens (including phenoxy) is 1. The Bertz CT molecular complexity index is 361. The molecule has 0 fully saturated rings. The first-order valence-corrected chi connectivity index (χ1v) is 6.13. The largest absolute Gasteiger partial charge is 0.494 e. The molecule has 0 bridgehead atoms. The second-order valence-corrected chi connectivity index (χ2v) is 4.64. The van der Waals surface area contributed by atoms with Gasteiger partial charge in [0.1, 0.15) is 5.75 Å². The van der Waals surface area contributed by atoms with Crippen LogP contribution in [0.5, 0.6) is 5.75 Å². The summed E-state index contributed by atoms with van der Waals surface area (Å²) in [7, 11) is 0. The van der Waals surface area contributed by atoms with E-state index < -0.39 is 17.9 Å². The summed E-state index contributed by atoms with van der Waals surface area (Å²) in [5, 5.41) is 10.2. The van der Waals surface area contributed by atoms with E-state index in [4.69, 9.17) is 4.74 Å². The van der Waals surface area contributed by atoms with Crippen molar-refractivity contribution in [2.45, 2.75) is 39.2 Å². The zero-order valence-electron chi connectivity index (χ0n) is 11.0. The standard InChI is InChI=1S/C14H20F2O2/c1-4-9-18-12-7-5-11(6-8-12)14(3,17)10(2)13(15)16/h5-8,10,13,17H,4,9H2,1-3H3. The Morgan fingerprint density at radius 2 is 1.83 bits per heavy atom. The van der Waals surface area contributed by atoms with Crippen LogP contribution in [0.25, 0.3) is 0 Å². The third-order valence-corrected chi connectivity index (χ3v) is 3.18. The van der Waals surface area contributed by atoms with Crippen molar-refractivity contribution in [1.82, 2.24) is 0 Å². The molecule has 102 valence electrons. The van der Waals surface area contributed by atoms with Gasteiger partial charge in [-0.1, -0.05) is 26.0 Å². The zero-order chi connectivity index (χ0) is 13.8. The van der Waals surface area contributed by atoms with Crippen LogP contribution in [0.4, 0.5) is 8.78 Å². The van der Waals surface area contributed by atoms with Crippen molar-refractivity contribution in [3.63, 3.8) is 0 Å². The van der Waals surface area contributed by atoms with Crippen LogP contribution < -0.4 is 4.74 Å². The summed E-state index contributed by atoms with van der Waals surface area (Å²) in [6, 6.07) is 6.64. The Hall–Kier alpha value is -1.16. The minimum Gasteiger partial charge on any atom is -0.494 e. The van der Waals surface area contributed by atoms with E-state index in [0.29, 0.717) is 17.9 Å². The van der Waals surface area contributed by atoms with E-state index in [-0.39, 0.29) is 0 Å². The van der Waals surface area contributed by atoms with Crippen molar-refractivity contribution < 1.29 is 18.6 Å². The lowest BCUT2D eigenvalue weighted by Crippen LogP contribution is -2.34. The molecule has 1 aromatic carbocycles. The normalized spacial score (nSPS) is 16.4. The Balaban J connectivity index is 2.83. The Morgan fingerprint density at radius 3 is 2.28 bits per heavy atom. The maximum atomic E-state index is 12.7. The number of hydrogen-bond acceptors (Lipinski definition) is 2. The summed E-state index contributed by atoms with van der Waals surface area (Å²) >= 11 is 0. The van der Waals surface area contributed by atoms with Crippen LogP contribution in [-0.2, 0) is 5.60 Å². The molecule has 4 heteroatoms. The topological polar surface area (TPSA) is 29.5 Å². The Morgan fingerprint density at radius 1 is 1.28 bits per heavy atom. The van der Waals surface area contributed by atoms with E-state index in [9.17, 15) is 13.9 Å². The van der Waals surface area contributed by atoms with Crippen LogP contribution >= 0.6 is 0 Å². The van der Waals surface area contributed by atoms with Gasteiger partial charge >= 0.3 is 0 Å². The van der Waals surface area contributed by atoms with Crippen molar-refractivity contribution >= 4 is 0 Å².